The fraction of sp³-hybridized carbons (Fsp3) is 0.750. The molecule has 2 N–H and O–H groups in total. The Morgan fingerprint density at radius 2 is 2.50 bits per heavy atom. The van der Waals surface area contributed by atoms with Crippen LogP contribution in [0.5, 0.6) is 0 Å². The Morgan fingerprint density at radius 1 is 1.88 bits per heavy atom. The van der Waals surface area contributed by atoms with Crippen molar-refractivity contribution in [2.45, 2.75) is 12.2 Å². The Morgan fingerprint density at radius 3 is 2.62 bits per heavy atom. The van der Waals surface area contributed by atoms with Crippen LogP contribution in [-0.4, -0.2) is 23.4 Å². The van der Waals surface area contributed by atoms with Gasteiger partial charge in [0.2, 0.25) is 5.91 Å². The molecule has 0 aromatic carbocycles. The molecule has 1 heterocycles. The van der Waals surface area contributed by atoms with Gasteiger partial charge in [-0.1, -0.05) is 15.9 Å². The molecule has 0 radical (unpaired) electrons. The number of primary amides is 1. The van der Waals surface area contributed by atoms with Crippen molar-refractivity contribution in [1.82, 2.24) is 0 Å². The first-order chi connectivity index (χ1) is 3.75. The topological polar surface area (TPSA) is 55.6 Å². The van der Waals surface area contributed by atoms with Crippen molar-refractivity contribution in [3.05, 3.63) is 0 Å². The maximum absolute atomic E-state index is 10.2. The lowest BCUT2D eigenvalue weighted by Gasteiger charge is -1.78. The molecule has 4 heteroatoms. The van der Waals surface area contributed by atoms with E-state index in [2.05, 4.69) is 15.9 Å². The van der Waals surface area contributed by atoms with E-state index in [1.165, 1.54) is 0 Å². The molecule has 2 atom stereocenters. The molecule has 8 heavy (non-hydrogen) atoms. The largest absolute Gasteiger partial charge is 0.367 e. The van der Waals surface area contributed by atoms with Crippen molar-refractivity contribution in [2.24, 2.45) is 5.73 Å². The van der Waals surface area contributed by atoms with Gasteiger partial charge in [0, 0.05) is 5.33 Å². The minimum atomic E-state index is -0.366. The van der Waals surface area contributed by atoms with Crippen LogP contribution in [-0.2, 0) is 9.53 Å². The molecular formula is C4H6BrNO2. The third-order valence-corrected chi connectivity index (χ3v) is 1.65. The number of rotatable bonds is 2. The molecule has 0 aliphatic carbocycles. The lowest BCUT2D eigenvalue weighted by atomic mass is 10.3. The van der Waals surface area contributed by atoms with E-state index in [-0.39, 0.29) is 18.1 Å². The van der Waals surface area contributed by atoms with Gasteiger partial charge in [0.1, 0.15) is 6.10 Å². The Bertz CT molecular complexity index is 117. The molecule has 1 saturated heterocycles. The van der Waals surface area contributed by atoms with E-state index in [0.717, 1.165) is 0 Å². The average Bonchev–Trinajstić information content (AvgIpc) is 2.42. The molecule has 1 fully saturated rings. The highest BCUT2D eigenvalue weighted by Gasteiger charge is 2.42. The third-order valence-electron chi connectivity index (χ3n) is 1.01. The monoisotopic (exact) mass is 179 g/mol. The molecule has 46 valence electrons. The highest BCUT2D eigenvalue weighted by Crippen LogP contribution is 2.22. The first kappa shape index (κ1) is 6.04. The van der Waals surface area contributed by atoms with Crippen LogP contribution in [0.2, 0.25) is 0 Å². The van der Waals surface area contributed by atoms with Crippen molar-refractivity contribution >= 4 is 21.8 Å². The zero-order chi connectivity index (χ0) is 6.15. The van der Waals surface area contributed by atoms with Gasteiger partial charge < -0.3 is 10.5 Å². The summed E-state index contributed by atoms with van der Waals surface area (Å²) >= 11 is 3.15. The van der Waals surface area contributed by atoms with Crippen LogP contribution in [0.4, 0.5) is 0 Å². The fourth-order valence-electron chi connectivity index (χ4n) is 0.511. The van der Waals surface area contributed by atoms with Gasteiger partial charge >= 0.3 is 0 Å². The summed E-state index contributed by atoms with van der Waals surface area (Å²) < 4.78 is 4.81. The Labute approximate surface area is 55.3 Å². The SMILES string of the molecule is NC(=O)C1OC1CBr. The zero-order valence-corrected chi connectivity index (χ0v) is 5.72. The molecule has 2 unspecified atom stereocenters. The Balaban J connectivity index is 2.26. The summed E-state index contributed by atoms with van der Waals surface area (Å²) in [5.74, 6) is -0.366. The lowest BCUT2D eigenvalue weighted by Crippen LogP contribution is -2.19. The molecule has 0 saturated carbocycles. The molecule has 3 nitrogen and oxygen atoms in total. The van der Waals surface area contributed by atoms with Crippen LogP contribution in [0, 0.1) is 0 Å². The van der Waals surface area contributed by atoms with Crippen LogP contribution >= 0.6 is 15.9 Å². The van der Waals surface area contributed by atoms with Crippen LogP contribution in [0.1, 0.15) is 0 Å². The number of epoxide rings is 1. The van der Waals surface area contributed by atoms with Crippen molar-refractivity contribution < 1.29 is 9.53 Å². The van der Waals surface area contributed by atoms with E-state index >= 15 is 0 Å². The minimum absolute atomic E-state index is 0.0347. The minimum Gasteiger partial charge on any atom is -0.367 e. The summed E-state index contributed by atoms with van der Waals surface area (Å²) in [5, 5.41) is 0.695. The van der Waals surface area contributed by atoms with Crippen molar-refractivity contribution in [3.63, 3.8) is 0 Å². The number of carbonyl (C=O) groups excluding carboxylic acids is 1. The fourth-order valence-corrected chi connectivity index (χ4v) is 1.00. The van der Waals surface area contributed by atoms with Crippen LogP contribution in [0.15, 0.2) is 0 Å². The second kappa shape index (κ2) is 2.03. The van der Waals surface area contributed by atoms with Gasteiger partial charge in [0.25, 0.3) is 0 Å². The van der Waals surface area contributed by atoms with E-state index in [1.54, 1.807) is 0 Å². The number of nitrogens with two attached hydrogens (primary N) is 1. The van der Waals surface area contributed by atoms with Gasteiger partial charge in [0.05, 0.1) is 0 Å². The summed E-state index contributed by atoms with van der Waals surface area (Å²) in [7, 11) is 0. The standard InChI is InChI=1S/C4H6BrNO2/c5-1-2-3(8-2)4(6)7/h2-3H,1H2,(H2,6,7). The molecular weight excluding hydrogens is 174 g/mol. The lowest BCUT2D eigenvalue weighted by molar-refractivity contribution is -0.119. The van der Waals surface area contributed by atoms with E-state index in [1.807, 2.05) is 0 Å². The molecule has 1 rings (SSSR count). The number of hydrogen-bond donors (Lipinski definition) is 1. The van der Waals surface area contributed by atoms with Crippen LogP contribution in [0.25, 0.3) is 0 Å². The van der Waals surface area contributed by atoms with Gasteiger partial charge in [0.15, 0.2) is 6.10 Å². The van der Waals surface area contributed by atoms with E-state index in [4.69, 9.17) is 10.5 Å². The van der Waals surface area contributed by atoms with Crippen molar-refractivity contribution in [3.8, 4) is 0 Å². The smallest absolute Gasteiger partial charge is 0.249 e. The maximum atomic E-state index is 10.2. The normalized spacial score (nSPS) is 34.6. The number of amides is 1. The van der Waals surface area contributed by atoms with Gasteiger partial charge in [-0.3, -0.25) is 4.79 Å². The quantitative estimate of drug-likeness (QED) is 0.465. The third kappa shape index (κ3) is 1.00. The summed E-state index contributed by atoms with van der Waals surface area (Å²) in [6.07, 6.45) is -0.290. The van der Waals surface area contributed by atoms with Crippen molar-refractivity contribution in [1.29, 1.82) is 0 Å². The van der Waals surface area contributed by atoms with Gasteiger partial charge in [-0.25, -0.2) is 0 Å². The number of carbonyl (C=O) groups is 1. The first-order valence-electron chi connectivity index (χ1n) is 2.26. The van der Waals surface area contributed by atoms with Crippen molar-refractivity contribution in [2.75, 3.05) is 5.33 Å². The average molecular weight is 180 g/mol. The van der Waals surface area contributed by atoms with E-state index in [9.17, 15) is 4.79 Å². The maximum Gasteiger partial charge on any atom is 0.249 e. The van der Waals surface area contributed by atoms with Crippen LogP contribution in [0.3, 0.4) is 0 Å². The molecule has 1 amide bonds. The molecule has 1 aliphatic rings. The van der Waals surface area contributed by atoms with Gasteiger partial charge in [-0.15, -0.1) is 0 Å². The number of ether oxygens (including phenoxy) is 1. The number of alkyl halides is 1. The summed E-state index contributed by atoms with van der Waals surface area (Å²) in [6, 6.07) is 0. The molecule has 0 aromatic rings. The molecule has 0 aromatic heterocycles. The molecule has 0 spiro atoms. The number of hydrogen-bond acceptors (Lipinski definition) is 2. The van der Waals surface area contributed by atoms with E-state index in [0.29, 0.717) is 5.33 Å². The van der Waals surface area contributed by atoms with E-state index < -0.39 is 0 Å². The number of halogens is 1. The summed E-state index contributed by atoms with van der Waals surface area (Å²) in [4.78, 5) is 10.2. The van der Waals surface area contributed by atoms with Crippen LogP contribution < -0.4 is 5.73 Å². The summed E-state index contributed by atoms with van der Waals surface area (Å²) in [5.41, 5.74) is 4.88. The summed E-state index contributed by atoms with van der Waals surface area (Å²) in [6.45, 7) is 0. The predicted octanol–water partition coefficient (Wildman–Crippen LogP) is -0.366. The van der Waals surface area contributed by atoms with Gasteiger partial charge in [-0.05, 0) is 0 Å². The highest BCUT2D eigenvalue weighted by molar-refractivity contribution is 9.09. The Kier molecular flexibility index (Phi) is 1.53. The second-order valence-corrected chi connectivity index (χ2v) is 2.30. The first-order valence-corrected chi connectivity index (χ1v) is 3.38. The highest BCUT2D eigenvalue weighted by atomic mass is 79.9. The second-order valence-electron chi connectivity index (χ2n) is 1.65. The predicted molar refractivity (Wildman–Crippen MR) is 31.6 cm³/mol. The Hall–Kier alpha value is -0.0900. The molecule has 0 bridgehead atoms. The molecule has 1 aliphatic heterocycles. The van der Waals surface area contributed by atoms with Gasteiger partial charge in [-0.2, -0.15) is 0 Å². The zero-order valence-electron chi connectivity index (χ0n) is 4.13.